The summed E-state index contributed by atoms with van der Waals surface area (Å²) in [5.41, 5.74) is 2.79. The Kier molecular flexibility index (Phi) is 4.61. The monoisotopic (exact) mass is 337 g/mol. The lowest BCUT2D eigenvalue weighted by Gasteiger charge is -2.21. The molecule has 1 fully saturated rings. The molecule has 0 saturated carbocycles. The van der Waals surface area contributed by atoms with Crippen molar-refractivity contribution in [3.8, 4) is 5.69 Å². The number of nitrogens with zero attached hydrogens (tertiary/aromatic N) is 5. The zero-order chi connectivity index (χ0) is 17.1. The van der Waals surface area contributed by atoms with Crippen LogP contribution in [-0.2, 0) is 4.74 Å². The minimum Gasteiger partial charge on any atom is -0.384 e. The molecule has 6 heteroatoms. The molecule has 0 amide bonds. The van der Waals surface area contributed by atoms with Gasteiger partial charge < -0.3 is 9.64 Å². The number of rotatable bonds is 4. The fourth-order valence-electron chi connectivity index (χ4n) is 3.61. The highest BCUT2D eigenvalue weighted by molar-refractivity contribution is 5.84. The fourth-order valence-corrected chi connectivity index (χ4v) is 3.61. The molecule has 1 aliphatic heterocycles. The summed E-state index contributed by atoms with van der Waals surface area (Å²) in [6, 6.07) is 10.2. The van der Waals surface area contributed by atoms with E-state index < -0.39 is 0 Å². The highest BCUT2D eigenvalue weighted by Gasteiger charge is 2.21. The van der Waals surface area contributed by atoms with Gasteiger partial charge in [0.2, 0.25) is 0 Å². The molecule has 25 heavy (non-hydrogen) atoms. The Morgan fingerprint density at radius 2 is 1.96 bits per heavy atom. The molecule has 0 N–H and O–H groups in total. The molecule has 0 radical (unpaired) electrons. The van der Waals surface area contributed by atoms with Gasteiger partial charge in [0, 0.05) is 32.5 Å². The Labute approximate surface area is 147 Å². The smallest absolute Gasteiger partial charge is 0.170 e. The van der Waals surface area contributed by atoms with E-state index >= 15 is 0 Å². The van der Waals surface area contributed by atoms with Gasteiger partial charge in [-0.2, -0.15) is 0 Å². The normalized spacial score (nSPS) is 18.4. The van der Waals surface area contributed by atoms with E-state index in [1.165, 1.54) is 6.42 Å². The number of anilines is 1. The molecule has 0 spiro atoms. The molecule has 3 heterocycles. The SMILES string of the molecule is COCC1CCCN(c2ncnc3c2ncn3-c2ccccc2)CC1. The molecule has 0 bridgehead atoms. The van der Waals surface area contributed by atoms with Crippen LogP contribution < -0.4 is 4.90 Å². The standard InChI is InChI=1S/C19H23N5O/c1-25-12-15-6-5-10-23(11-9-15)18-17-19(21-13-20-18)24(14-22-17)16-7-3-2-4-8-16/h2-4,7-8,13-15H,5-6,9-12H2,1H3. The Morgan fingerprint density at radius 3 is 2.80 bits per heavy atom. The lowest BCUT2D eigenvalue weighted by atomic mass is 10.0. The van der Waals surface area contributed by atoms with E-state index in [0.717, 1.165) is 55.2 Å². The van der Waals surface area contributed by atoms with Crippen LogP contribution in [0, 0.1) is 5.92 Å². The van der Waals surface area contributed by atoms with Crippen LogP contribution in [0.3, 0.4) is 0 Å². The minimum atomic E-state index is 0.634. The average Bonchev–Trinajstić information content (AvgIpc) is 2.96. The second kappa shape index (κ2) is 7.19. The van der Waals surface area contributed by atoms with Crippen LogP contribution in [-0.4, -0.2) is 46.3 Å². The molecule has 1 saturated heterocycles. The average molecular weight is 337 g/mol. The maximum absolute atomic E-state index is 5.34. The van der Waals surface area contributed by atoms with Crippen molar-refractivity contribution in [2.24, 2.45) is 5.92 Å². The summed E-state index contributed by atoms with van der Waals surface area (Å²) >= 11 is 0. The van der Waals surface area contributed by atoms with E-state index in [4.69, 9.17) is 4.74 Å². The number of methoxy groups -OCH3 is 1. The lowest BCUT2D eigenvalue weighted by molar-refractivity contribution is 0.146. The molecule has 4 rings (SSSR count). The van der Waals surface area contributed by atoms with Gasteiger partial charge in [0.1, 0.15) is 12.7 Å². The van der Waals surface area contributed by atoms with Crippen molar-refractivity contribution in [1.29, 1.82) is 0 Å². The van der Waals surface area contributed by atoms with Crippen molar-refractivity contribution in [2.45, 2.75) is 19.3 Å². The van der Waals surface area contributed by atoms with Gasteiger partial charge in [0.25, 0.3) is 0 Å². The molecular weight excluding hydrogens is 314 g/mol. The van der Waals surface area contributed by atoms with Crippen LogP contribution in [0.2, 0.25) is 0 Å². The summed E-state index contributed by atoms with van der Waals surface area (Å²) in [7, 11) is 1.78. The maximum Gasteiger partial charge on any atom is 0.170 e. The molecule has 130 valence electrons. The minimum absolute atomic E-state index is 0.634. The van der Waals surface area contributed by atoms with Crippen LogP contribution in [0.1, 0.15) is 19.3 Å². The second-order valence-electron chi connectivity index (χ2n) is 6.56. The van der Waals surface area contributed by atoms with E-state index in [-0.39, 0.29) is 0 Å². The van der Waals surface area contributed by atoms with Gasteiger partial charge >= 0.3 is 0 Å². The van der Waals surface area contributed by atoms with Crippen molar-refractivity contribution in [1.82, 2.24) is 19.5 Å². The predicted molar refractivity (Wildman–Crippen MR) is 98.1 cm³/mol. The topological polar surface area (TPSA) is 56.1 Å². The first kappa shape index (κ1) is 16.0. The summed E-state index contributed by atoms with van der Waals surface area (Å²) in [6.45, 7) is 2.83. The number of fused-ring (bicyclic) bond motifs is 1. The van der Waals surface area contributed by atoms with Gasteiger partial charge in [-0.3, -0.25) is 4.57 Å². The zero-order valence-corrected chi connectivity index (χ0v) is 14.5. The van der Waals surface area contributed by atoms with Crippen LogP contribution in [0.4, 0.5) is 5.82 Å². The summed E-state index contributed by atoms with van der Waals surface area (Å²) in [5, 5.41) is 0. The highest BCUT2D eigenvalue weighted by Crippen LogP contribution is 2.27. The number of hydrogen-bond acceptors (Lipinski definition) is 5. The molecule has 6 nitrogen and oxygen atoms in total. The number of hydrogen-bond donors (Lipinski definition) is 0. The lowest BCUT2D eigenvalue weighted by Crippen LogP contribution is -2.26. The molecule has 1 unspecified atom stereocenters. The van der Waals surface area contributed by atoms with E-state index in [1.807, 2.05) is 29.1 Å². The maximum atomic E-state index is 5.34. The Morgan fingerprint density at radius 1 is 1.08 bits per heavy atom. The third-order valence-electron chi connectivity index (χ3n) is 4.90. The quantitative estimate of drug-likeness (QED) is 0.732. The van der Waals surface area contributed by atoms with E-state index in [1.54, 1.807) is 13.4 Å². The first-order valence-corrected chi connectivity index (χ1v) is 8.84. The molecule has 3 aromatic rings. The van der Waals surface area contributed by atoms with Gasteiger partial charge in [0.15, 0.2) is 17.0 Å². The Balaban J connectivity index is 1.66. The second-order valence-corrected chi connectivity index (χ2v) is 6.56. The van der Waals surface area contributed by atoms with Crippen LogP contribution in [0.5, 0.6) is 0 Å². The van der Waals surface area contributed by atoms with Crippen molar-refractivity contribution in [2.75, 3.05) is 31.7 Å². The van der Waals surface area contributed by atoms with E-state index in [2.05, 4.69) is 32.0 Å². The van der Waals surface area contributed by atoms with Gasteiger partial charge in [-0.1, -0.05) is 18.2 Å². The van der Waals surface area contributed by atoms with Crippen molar-refractivity contribution in [3.63, 3.8) is 0 Å². The van der Waals surface area contributed by atoms with Crippen molar-refractivity contribution < 1.29 is 4.74 Å². The van der Waals surface area contributed by atoms with Gasteiger partial charge in [-0.25, -0.2) is 15.0 Å². The number of aromatic nitrogens is 4. The number of imidazole rings is 1. The fraction of sp³-hybridized carbons (Fsp3) is 0.421. The summed E-state index contributed by atoms with van der Waals surface area (Å²) in [6.07, 6.45) is 6.97. The van der Waals surface area contributed by atoms with Crippen molar-refractivity contribution >= 4 is 17.0 Å². The van der Waals surface area contributed by atoms with Crippen LogP contribution in [0.15, 0.2) is 43.0 Å². The van der Waals surface area contributed by atoms with E-state index in [9.17, 15) is 0 Å². The van der Waals surface area contributed by atoms with Gasteiger partial charge in [0.05, 0.1) is 0 Å². The zero-order valence-electron chi connectivity index (χ0n) is 14.5. The summed E-state index contributed by atoms with van der Waals surface area (Å²) < 4.78 is 7.36. The first-order chi connectivity index (χ1) is 12.4. The molecule has 1 atom stereocenters. The van der Waals surface area contributed by atoms with Crippen LogP contribution in [0.25, 0.3) is 16.9 Å². The summed E-state index contributed by atoms with van der Waals surface area (Å²) in [4.78, 5) is 16.0. The first-order valence-electron chi connectivity index (χ1n) is 8.84. The Hall–Kier alpha value is -2.47. The van der Waals surface area contributed by atoms with E-state index in [0.29, 0.717) is 5.92 Å². The molecule has 2 aromatic heterocycles. The third-order valence-corrected chi connectivity index (χ3v) is 4.90. The molecular formula is C19H23N5O. The molecule has 1 aliphatic rings. The third kappa shape index (κ3) is 3.22. The number of para-hydroxylation sites is 1. The van der Waals surface area contributed by atoms with Gasteiger partial charge in [-0.15, -0.1) is 0 Å². The highest BCUT2D eigenvalue weighted by atomic mass is 16.5. The van der Waals surface area contributed by atoms with Crippen LogP contribution >= 0.6 is 0 Å². The number of ether oxygens (including phenoxy) is 1. The molecule has 0 aliphatic carbocycles. The largest absolute Gasteiger partial charge is 0.384 e. The predicted octanol–water partition coefficient (Wildman–Crippen LogP) is 3.07. The van der Waals surface area contributed by atoms with Gasteiger partial charge in [-0.05, 0) is 37.3 Å². The Bertz CT molecular complexity index is 832. The molecule has 1 aromatic carbocycles. The summed E-state index contributed by atoms with van der Waals surface area (Å²) in [5.74, 6) is 1.58. The van der Waals surface area contributed by atoms with Crippen molar-refractivity contribution in [3.05, 3.63) is 43.0 Å². The number of benzene rings is 1.